The minimum atomic E-state index is -3.77. The van der Waals surface area contributed by atoms with Gasteiger partial charge in [0.2, 0.25) is 0 Å². The van der Waals surface area contributed by atoms with Gasteiger partial charge in [0.25, 0.3) is 10.0 Å². The molecule has 0 spiro atoms. The van der Waals surface area contributed by atoms with Crippen LogP contribution >= 0.6 is 23.2 Å². The number of hydrogen-bond donors (Lipinski definition) is 1. The van der Waals surface area contributed by atoms with Crippen molar-refractivity contribution in [2.24, 2.45) is 0 Å². The fourth-order valence-corrected chi connectivity index (χ4v) is 5.13. The molecule has 0 bridgehead atoms. The van der Waals surface area contributed by atoms with E-state index in [0.717, 1.165) is 37.3 Å². The smallest absolute Gasteiger partial charge is 0.268 e. The molecule has 5 nitrogen and oxygen atoms in total. The van der Waals surface area contributed by atoms with Crippen molar-refractivity contribution in [1.82, 2.24) is 9.29 Å². The number of nitrogens with one attached hydrogen (secondary N) is 1. The fourth-order valence-electron chi connectivity index (χ4n) is 3.28. The van der Waals surface area contributed by atoms with Gasteiger partial charge < -0.3 is 10.2 Å². The van der Waals surface area contributed by atoms with E-state index < -0.39 is 10.0 Å². The summed E-state index contributed by atoms with van der Waals surface area (Å²) in [6, 6.07) is 11.7. The van der Waals surface area contributed by atoms with Crippen molar-refractivity contribution >= 4 is 49.8 Å². The van der Waals surface area contributed by atoms with Crippen molar-refractivity contribution < 1.29 is 8.42 Å². The monoisotopic (exact) mass is 409 g/mol. The van der Waals surface area contributed by atoms with E-state index in [0.29, 0.717) is 15.6 Å². The van der Waals surface area contributed by atoms with E-state index in [-0.39, 0.29) is 4.90 Å². The summed E-state index contributed by atoms with van der Waals surface area (Å²) >= 11 is 12.3. The highest BCUT2D eigenvalue weighted by Gasteiger charge is 2.22. The van der Waals surface area contributed by atoms with E-state index in [9.17, 15) is 8.42 Å². The molecule has 3 aromatic rings. The number of benzene rings is 2. The molecule has 8 heteroatoms. The Balaban J connectivity index is 1.88. The second-order valence-electron chi connectivity index (χ2n) is 6.17. The van der Waals surface area contributed by atoms with Gasteiger partial charge in [0.1, 0.15) is 0 Å². The molecule has 4 rings (SSSR count). The van der Waals surface area contributed by atoms with Crippen molar-refractivity contribution in [3.8, 4) is 0 Å². The summed E-state index contributed by atoms with van der Waals surface area (Å²) in [4.78, 5) is 2.37. The minimum Gasteiger partial charge on any atom is -0.368 e. The Kier molecular flexibility index (Phi) is 4.61. The number of rotatable bonds is 3. The lowest BCUT2D eigenvalue weighted by Gasteiger charge is -2.30. The molecule has 0 amide bonds. The molecule has 1 N–H and O–H groups in total. The van der Waals surface area contributed by atoms with Gasteiger partial charge in [0, 0.05) is 53.5 Å². The second-order valence-corrected chi connectivity index (χ2v) is 8.86. The molecular weight excluding hydrogens is 393 g/mol. The standard InChI is InChI=1S/C18H17Cl2N3O2S/c19-13-2-1-3-15(10-13)26(24,25)23-7-4-16-17(11-14(20)12-18(16)23)22-8-5-21-6-9-22/h1-4,7,10-12,21H,5-6,8-9H2. The quantitative estimate of drug-likeness (QED) is 0.717. The molecular formula is C18H17Cl2N3O2S. The van der Waals surface area contributed by atoms with Crippen LogP contribution in [-0.2, 0) is 10.0 Å². The molecule has 2 heterocycles. The lowest BCUT2D eigenvalue weighted by atomic mass is 10.2. The number of nitrogens with zero attached hydrogens (tertiary/aromatic N) is 2. The Hall–Kier alpha value is -1.73. The molecule has 0 aliphatic carbocycles. The van der Waals surface area contributed by atoms with Crippen molar-refractivity contribution in [1.29, 1.82) is 0 Å². The number of anilines is 1. The molecule has 0 unspecified atom stereocenters. The maximum atomic E-state index is 13.1. The van der Waals surface area contributed by atoms with Crippen LogP contribution in [0.4, 0.5) is 5.69 Å². The van der Waals surface area contributed by atoms with Gasteiger partial charge in [0.15, 0.2) is 0 Å². The zero-order valence-electron chi connectivity index (χ0n) is 13.8. The van der Waals surface area contributed by atoms with Crippen LogP contribution in [-0.4, -0.2) is 38.6 Å². The summed E-state index contributed by atoms with van der Waals surface area (Å²) in [7, 11) is -3.77. The van der Waals surface area contributed by atoms with Gasteiger partial charge in [-0.05, 0) is 36.4 Å². The highest BCUT2D eigenvalue weighted by Crippen LogP contribution is 2.34. The van der Waals surface area contributed by atoms with Gasteiger partial charge in [0.05, 0.1) is 10.4 Å². The van der Waals surface area contributed by atoms with Crippen LogP contribution in [0, 0.1) is 0 Å². The van der Waals surface area contributed by atoms with Crippen molar-refractivity contribution in [3.05, 3.63) is 58.7 Å². The maximum absolute atomic E-state index is 13.1. The molecule has 0 atom stereocenters. The van der Waals surface area contributed by atoms with E-state index in [1.54, 1.807) is 24.4 Å². The van der Waals surface area contributed by atoms with E-state index in [1.807, 2.05) is 12.1 Å². The number of aromatic nitrogens is 1. The summed E-state index contributed by atoms with van der Waals surface area (Å²) in [5.74, 6) is 0. The molecule has 2 aromatic carbocycles. The Labute approximate surface area is 162 Å². The summed E-state index contributed by atoms with van der Waals surface area (Å²) in [6.07, 6.45) is 1.57. The largest absolute Gasteiger partial charge is 0.368 e. The molecule has 1 fully saturated rings. The number of hydrogen-bond acceptors (Lipinski definition) is 4. The Morgan fingerprint density at radius 2 is 1.73 bits per heavy atom. The molecule has 1 saturated heterocycles. The van der Waals surface area contributed by atoms with E-state index in [4.69, 9.17) is 23.2 Å². The van der Waals surface area contributed by atoms with E-state index in [2.05, 4.69) is 10.2 Å². The molecule has 1 aliphatic rings. The SMILES string of the molecule is O=S(=O)(c1cccc(Cl)c1)n1ccc2c(N3CCNCC3)cc(Cl)cc21. The zero-order chi connectivity index (χ0) is 18.3. The Morgan fingerprint density at radius 3 is 2.46 bits per heavy atom. The lowest BCUT2D eigenvalue weighted by molar-refractivity contribution is 0.588. The summed E-state index contributed by atoms with van der Waals surface area (Å²) in [5, 5.41) is 5.06. The average molecular weight is 410 g/mol. The molecule has 136 valence electrons. The Morgan fingerprint density at radius 1 is 0.962 bits per heavy atom. The van der Waals surface area contributed by atoms with Gasteiger partial charge >= 0.3 is 0 Å². The Bertz CT molecular complexity index is 1070. The molecule has 0 saturated carbocycles. The van der Waals surface area contributed by atoms with Crippen molar-refractivity contribution in [2.75, 3.05) is 31.1 Å². The third kappa shape index (κ3) is 3.07. The summed E-state index contributed by atoms with van der Waals surface area (Å²) in [6.45, 7) is 3.47. The third-order valence-corrected chi connectivity index (χ3v) is 6.67. The van der Waals surface area contributed by atoms with E-state index >= 15 is 0 Å². The van der Waals surface area contributed by atoms with Gasteiger partial charge in [-0.25, -0.2) is 12.4 Å². The first-order valence-corrected chi connectivity index (χ1v) is 10.4. The van der Waals surface area contributed by atoms with Crippen LogP contribution in [0.3, 0.4) is 0 Å². The van der Waals surface area contributed by atoms with Crippen LogP contribution in [0.15, 0.2) is 53.6 Å². The van der Waals surface area contributed by atoms with Crippen molar-refractivity contribution in [2.45, 2.75) is 4.90 Å². The van der Waals surface area contributed by atoms with Crippen molar-refractivity contribution in [3.63, 3.8) is 0 Å². The first kappa shape index (κ1) is 17.7. The number of fused-ring (bicyclic) bond motifs is 1. The normalized spacial score (nSPS) is 15.5. The zero-order valence-corrected chi connectivity index (χ0v) is 16.2. The van der Waals surface area contributed by atoms with Gasteiger partial charge in [-0.3, -0.25) is 0 Å². The highest BCUT2D eigenvalue weighted by molar-refractivity contribution is 7.90. The van der Waals surface area contributed by atoms with Crippen LogP contribution in [0.1, 0.15) is 0 Å². The molecule has 1 aliphatic heterocycles. The maximum Gasteiger partial charge on any atom is 0.268 e. The molecule has 0 radical (unpaired) electrons. The average Bonchev–Trinajstić information content (AvgIpc) is 3.06. The predicted molar refractivity (Wildman–Crippen MR) is 106 cm³/mol. The lowest BCUT2D eigenvalue weighted by Crippen LogP contribution is -2.43. The first-order chi connectivity index (χ1) is 12.5. The highest BCUT2D eigenvalue weighted by atomic mass is 35.5. The van der Waals surface area contributed by atoms with Crippen LogP contribution in [0.25, 0.3) is 10.9 Å². The van der Waals surface area contributed by atoms with Gasteiger partial charge in [-0.2, -0.15) is 0 Å². The number of piperazine rings is 1. The van der Waals surface area contributed by atoms with Gasteiger partial charge in [-0.1, -0.05) is 29.3 Å². The number of halogens is 2. The molecule has 1 aromatic heterocycles. The van der Waals surface area contributed by atoms with Crippen LogP contribution in [0.5, 0.6) is 0 Å². The summed E-state index contributed by atoms with van der Waals surface area (Å²) < 4.78 is 27.5. The predicted octanol–water partition coefficient (Wildman–Crippen LogP) is 3.59. The van der Waals surface area contributed by atoms with Gasteiger partial charge in [-0.15, -0.1) is 0 Å². The second kappa shape index (κ2) is 6.78. The van der Waals surface area contributed by atoms with Crippen LogP contribution < -0.4 is 10.2 Å². The van der Waals surface area contributed by atoms with Crippen LogP contribution in [0.2, 0.25) is 10.0 Å². The topological polar surface area (TPSA) is 54.3 Å². The molecule has 26 heavy (non-hydrogen) atoms. The van der Waals surface area contributed by atoms with E-state index in [1.165, 1.54) is 16.1 Å². The third-order valence-electron chi connectivity index (χ3n) is 4.53. The minimum absolute atomic E-state index is 0.145. The first-order valence-electron chi connectivity index (χ1n) is 8.24. The summed E-state index contributed by atoms with van der Waals surface area (Å²) in [5.41, 5.74) is 1.51. The fraction of sp³-hybridized carbons (Fsp3) is 0.222.